The van der Waals surface area contributed by atoms with E-state index < -0.39 is 46.4 Å². The highest BCUT2D eigenvalue weighted by Crippen LogP contribution is 2.38. The number of sulfonamides is 1. The van der Waals surface area contributed by atoms with Crippen LogP contribution in [0.3, 0.4) is 0 Å². The average molecular weight is 592 g/mol. The number of ketones is 1. The molecule has 2 amide bonds. The van der Waals surface area contributed by atoms with Crippen LogP contribution in [0.4, 0.5) is 0 Å². The highest BCUT2D eigenvalue weighted by Gasteiger charge is 2.45. The minimum atomic E-state index is -4.35. The summed E-state index contributed by atoms with van der Waals surface area (Å²) in [6.45, 7) is -0.270. The standard InChI is InChI=1S/C28H34ClN3O7S/c1-38-24-13-11-20(16-25(24)39-2)40(36,37)32(17-26(33)31-14-6-9-23(31)28(30)35)22-12-10-19(29)15-21(22)27(34)18-7-4-3-5-8-18/h3-5,7-8,11,13,16,19,21-23H,6,9-10,12,14-15,17H2,1-2H3,(H2,30,35)/t19?,21?,22?,23-/m0/s1. The first-order valence-electron chi connectivity index (χ1n) is 13.1. The fourth-order valence-electron chi connectivity index (χ4n) is 5.62. The number of nitrogens with zero attached hydrogens (tertiary/aromatic N) is 2. The van der Waals surface area contributed by atoms with Crippen LogP contribution < -0.4 is 15.2 Å². The number of carbonyl (C=O) groups is 3. The van der Waals surface area contributed by atoms with Gasteiger partial charge in [0.15, 0.2) is 17.3 Å². The average Bonchev–Trinajstić information content (AvgIpc) is 3.46. The molecule has 2 fully saturated rings. The number of likely N-dealkylation sites (tertiary alicyclic amines) is 1. The molecule has 4 rings (SSSR count). The summed E-state index contributed by atoms with van der Waals surface area (Å²) in [5, 5.41) is -0.326. The maximum Gasteiger partial charge on any atom is 0.243 e. The molecule has 12 heteroatoms. The fraction of sp³-hybridized carbons (Fsp3) is 0.464. The van der Waals surface area contributed by atoms with E-state index in [1.165, 1.54) is 37.3 Å². The van der Waals surface area contributed by atoms with Gasteiger partial charge in [-0.05, 0) is 44.2 Å². The summed E-state index contributed by atoms with van der Waals surface area (Å²) in [5.74, 6) is -1.68. The van der Waals surface area contributed by atoms with Gasteiger partial charge in [0.05, 0.1) is 25.7 Å². The molecule has 0 aromatic heterocycles. The van der Waals surface area contributed by atoms with E-state index in [2.05, 4.69) is 0 Å². The highest BCUT2D eigenvalue weighted by molar-refractivity contribution is 7.89. The van der Waals surface area contributed by atoms with Crippen LogP contribution in [0.25, 0.3) is 0 Å². The quantitative estimate of drug-likeness (QED) is 0.331. The van der Waals surface area contributed by atoms with Crippen molar-refractivity contribution in [3.8, 4) is 11.5 Å². The summed E-state index contributed by atoms with van der Waals surface area (Å²) in [4.78, 5) is 40.5. The second kappa shape index (κ2) is 12.6. The van der Waals surface area contributed by atoms with Gasteiger partial charge in [-0.3, -0.25) is 14.4 Å². The van der Waals surface area contributed by atoms with Crippen LogP contribution in [-0.2, 0) is 19.6 Å². The van der Waals surface area contributed by atoms with Crippen molar-refractivity contribution in [1.29, 1.82) is 0 Å². The van der Waals surface area contributed by atoms with Crippen molar-refractivity contribution in [2.24, 2.45) is 11.7 Å². The lowest BCUT2D eigenvalue weighted by Gasteiger charge is -2.40. The number of ether oxygens (including phenoxy) is 2. The van der Waals surface area contributed by atoms with E-state index in [0.29, 0.717) is 30.6 Å². The third-order valence-electron chi connectivity index (χ3n) is 7.67. The Kier molecular flexibility index (Phi) is 9.37. The molecule has 10 nitrogen and oxygen atoms in total. The molecule has 0 radical (unpaired) electrons. The molecule has 1 heterocycles. The number of methoxy groups -OCH3 is 2. The molecule has 1 aliphatic carbocycles. The Morgan fingerprint density at radius 1 is 1.02 bits per heavy atom. The molecule has 2 aromatic carbocycles. The van der Waals surface area contributed by atoms with Crippen LogP contribution in [0.2, 0.25) is 0 Å². The van der Waals surface area contributed by atoms with Crippen molar-refractivity contribution in [2.75, 3.05) is 27.3 Å². The zero-order chi connectivity index (χ0) is 29.0. The van der Waals surface area contributed by atoms with Crippen molar-refractivity contribution >= 4 is 39.2 Å². The van der Waals surface area contributed by atoms with Gasteiger partial charge < -0.3 is 20.1 Å². The van der Waals surface area contributed by atoms with Crippen molar-refractivity contribution in [3.05, 3.63) is 54.1 Å². The summed E-state index contributed by atoms with van der Waals surface area (Å²) in [7, 11) is -1.52. The van der Waals surface area contributed by atoms with Gasteiger partial charge >= 0.3 is 0 Å². The zero-order valence-corrected chi connectivity index (χ0v) is 24.1. The first-order valence-corrected chi connectivity index (χ1v) is 15.0. The van der Waals surface area contributed by atoms with Gasteiger partial charge in [-0.15, -0.1) is 11.6 Å². The zero-order valence-electron chi connectivity index (χ0n) is 22.5. The Balaban J connectivity index is 1.78. The van der Waals surface area contributed by atoms with E-state index >= 15 is 0 Å². The lowest BCUT2D eigenvalue weighted by molar-refractivity contribution is -0.137. The Hall–Kier alpha value is -3.15. The number of halogens is 1. The Bertz CT molecular complexity index is 1350. The molecule has 4 atom stereocenters. The Morgan fingerprint density at radius 3 is 2.38 bits per heavy atom. The van der Waals surface area contributed by atoms with Crippen LogP contribution >= 0.6 is 11.6 Å². The van der Waals surface area contributed by atoms with Gasteiger partial charge in [-0.2, -0.15) is 4.31 Å². The van der Waals surface area contributed by atoms with Crippen molar-refractivity contribution < 1.29 is 32.3 Å². The lowest BCUT2D eigenvalue weighted by Crippen LogP contribution is -2.54. The number of benzene rings is 2. The van der Waals surface area contributed by atoms with Gasteiger partial charge in [0.1, 0.15) is 6.04 Å². The maximum absolute atomic E-state index is 14.3. The molecule has 216 valence electrons. The first-order chi connectivity index (χ1) is 19.1. The SMILES string of the molecule is COc1ccc(S(=O)(=O)N(CC(=O)N2CCC[C@H]2C(N)=O)C2CCC(Cl)CC2C(=O)c2ccccc2)cc1OC. The van der Waals surface area contributed by atoms with E-state index in [1.807, 2.05) is 0 Å². The molecule has 3 unspecified atom stereocenters. The monoisotopic (exact) mass is 591 g/mol. The van der Waals surface area contributed by atoms with E-state index in [1.54, 1.807) is 30.3 Å². The molecule has 2 N–H and O–H groups in total. The van der Waals surface area contributed by atoms with E-state index in [0.717, 1.165) is 4.31 Å². The summed E-state index contributed by atoms with van der Waals surface area (Å²) in [6.07, 6.45) is 1.98. The van der Waals surface area contributed by atoms with Gasteiger partial charge in [-0.25, -0.2) is 8.42 Å². The maximum atomic E-state index is 14.3. The molecular weight excluding hydrogens is 558 g/mol. The highest BCUT2D eigenvalue weighted by atomic mass is 35.5. The van der Waals surface area contributed by atoms with E-state index in [-0.39, 0.29) is 41.2 Å². The number of carbonyl (C=O) groups excluding carboxylic acids is 3. The molecule has 0 bridgehead atoms. The molecule has 1 saturated heterocycles. The Morgan fingerprint density at radius 2 is 1.73 bits per heavy atom. The van der Waals surface area contributed by atoms with Gasteiger partial charge in [0.25, 0.3) is 0 Å². The number of Topliss-reactive ketones (excluding diaryl/α,β-unsaturated/α-hetero) is 1. The van der Waals surface area contributed by atoms with Gasteiger partial charge in [0.2, 0.25) is 21.8 Å². The lowest BCUT2D eigenvalue weighted by atomic mass is 9.79. The predicted molar refractivity (Wildman–Crippen MR) is 149 cm³/mol. The Labute approximate surface area is 239 Å². The third-order valence-corrected chi connectivity index (χ3v) is 9.93. The number of amides is 2. The molecule has 1 saturated carbocycles. The molecule has 2 aliphatic rings. The molecular formula is C28H34ClN3O7S. The van der Waals surface area contributed by atoms with E-state index in [4.69, 9.17) is 26.8 Å². The first kappa shape index (κ1) is 29.8. The number of rotatable bonds is 10. The topological polar surface area (TPSA) is 136 Å². The van der Waals surface area contributed by atoms with E-state index in [9.17, 15) is 22.8 Å². The van der Waals surface area contributed by atoms with Crippen molar-refractivity contribution in [2.45, 2.75) is 54.5 Å². The van der Waals surface area contributed by atoms with Crippen molar-refractivity contribution in [3.63, 3.8) is 0 Å². The predicted octanol–water partition coefficient (Wildman–Crippen LogP) is 2.83. The normalized spacial score (nSPS) is 23.1. The van der Waals surface area contributed by atoms with Crippen LogP contribution in [0.5, 0.6) is 11.5 Å². The number of hydrogen-bond acceptors (Lipinski definition) is 7. The minimum Gasteiger partial charge on any atom is -0.493 e. The second-order valence-corrected chi connectivity index (χ2v) is 12.5. The number of nitrogens with two attached hydrogens (primary N) is 1. The number of alkyl halides is 1. The smallest absolute Gasteiger partial charge is 0.243 e. The second-order valence-electron chi connectivity index (χ2n) is 10.0. The summed E-state index contributed by atoms with van der Waals surface area (Å²) in [6, 6.07) is 11.1. The largest absolute Gasteiger partial charge is 0.493 e. The summed E-state index contributed by atoms with van der Waals surface area (Å²) < 4.78 is 40.2. The van der Waals surface area contributed by atoms with Gasteiger partial charge in [0, 0.05) is 35.5 Å². The van der Waals surface area contributed by atoms with Crippen LogP contribution in [0, 0.1) is 5.92 Å². The van der Waals surface area contributed by atoms with Crippen LogP contribution in [-0.4, -0.2) is 80.0 Å². The molecule has 0 spiro atoms. The van der Waals surface area contributed by atoms with Crippen molar-refractivity contribution in [1.82, 2.24) is 9.21 Å². The summed E-state index contributed by atoms with van der Waals surface area (Å²) >= 11 is 6.50. The minimum absolute atomic E-state index is 0.121. The third kappa shape index (κ3) is 6.11. The summed E-state index contributed by atoms with van der Waals surface area (Å²) in [5.41, 5.74) is 5.96. The fourth-order valence-corrected chi connectivity index (χ4v) is 7.60. The molecule has 40 heavy (non-hydrogen) atoms. The molecule has 2 aromatic rings. The van der Waals surface area contributed by atoms with Crippen LogP contribution in [0.1, 0.15) is 42.5 Å². The number of primary amides is 1. The van der Waals surface area contributed by atoms with Gasteiger partial charge in [-0.1, -0.05) is 30.3 Å². The number of hydrogen-bond donors (Lipinski definition) is 1. The molecule has 1 aliphatic heterocycles. The van der Waals surface area contributed by atoms with Crippen LogP contribution in [0.15, 0.2) is 53.4 Å².